The zero-order valence-electron chi connectivity index (χ0n) is 20.8. The topological polar surface area (TPSA) is 159 Å². The summed E-state index contributed by atoms with van der Waals surface area (Å²) < 4.78 is 65.4. The average molecular weight is 599 g/mol. The lowest BCUT2D eigenvalue weighted by molar-refractivity contribution is -0.193. The number of benzene rings is 1. The van der Waals surface area contributed by atoms with Crippen molar-refractivity contribution in [3.8, 4) is 0 Å². The molecule has 220 valence electrons. The molecule has 3 aromatic rings. The van der Waals surface area contributed by atoms with Crippen molar-refractivity contribution >= 4 is 34.4 Å². The number of aryl methyl sites for hydroxylation is 1. The highest BCUT2D eigenvalue weighted by atomic mass is 32.1. The molecule has 2 aromatic heterocycles. The molecular weight excluding hydrogens is 574 g/mol. The fourth-order valence-electron chi connectivity index (χ4n) is 2.50. The van der Waals surface area contributed by atoms with Gasteiger partial charge in [-0.2, -0.15) is 26.3 Å². The first kappa shape index (κ1) is 33.8. The average Bonchev–Trinajstić information content (AvgIpc) is 3.52. The third-order valence-electron chi connectivity index (χ3n) is 4.47. The van der Waals surface area contributed by atoms with Gasteiger partial charge in [-0.3, -0.25) is 5.32 Å². The van der Waals surface area contributed by atoms with Gasteiger partial charge in [0.1, 0.15) is 5.01 Å². The minimum Gasteiger partial charge on any atom is -0.475 e. The molecule has 11 nitrogen and oxygen atoms in total. The fourth-order valence-corrected chi connectivity index (χ4v) is 3.27. The van der Waals surface area contributed by atoms with Crippen molar-refractivity contribution < 1.29 is 50.9 Å². The van der Waals surface area contributed by atoms with E-state index in [0.717, 1.165) is 11.4 Å². The number of anilines is 1. The van der Waals surface area contributed by atoms with Crippen molar-refractivity contribution in [2.24, 2.45) is 0 Å². The first-order valence-corrected chi connectivity index (χ1v) is 11.8. The summed E-state index contributed by atoms with van der Waals surface area (Å²) in [5, 5.41) is 29.6. The minimum atomic E-state index is -5.08. The van der Waals surface area contributed by atoms with E-state index in [1.807, 2.05) is 17.7 Å². The van der Waals surface area contributed by atoms with E-state index in [2.05, 4.69) is 57.0 Å². The molecule has 0 aliphatic rings. The van der Waals surface area contributed by atoms with E-state index in [1.54, 1.807) is 12.5 Å². The van der Waals surface area contributed by atoms with Crippen LogP contribution in [0.15, 0.2) is 43.0 Å². The number of urea groups is 1. The van der Waals surface area contributed by atoms with E-state index in [9.17, 15) is 31.1 Å². The van der Waals surface area contributed by atoms with Crippen LogP contribution >= 0.6 is 11.3 Å². The van der Waals surface area contributed by atoms with Crippen LogP contribution in [0.3, 0.4) is 0 Å². The van der Waals surface area contributed by atoms with Crippen LogP contribution in [-0.2, 0) is 22.6 Å². The summed E-state index contributed by atoms with van der Waals surface area (Å²) in [6, 6.07) is 8.07. The number of halogens is 6. The van der Waals surface area contributed by atoms with Crippen LogP contribution in [0.25, 0.3) is 0 Å². The molecule has 0 fully saturated rings. The lowest BCUT2D eigenvalue weighted by atomic mass is 10.1. The van der Waals surface area contributed by atoms with Crippen molar-refractivity contribution in [1.82, 2.24) is 25.1 Å². The monoisotopic (exact) mass is 598 g/mol. The highest BCUT2D eigenvalue weighted by molar-refractivity contribution is 7.15. The zero-order valence-corrected chi connectivity index (χ0v) is 21.6. The standard InChI is InChI=1S/C18H22N6OS.2C2HF3O2/c1-3-15(11-24-9-8-19-12-24)20-17(25)21-18-23-22-16(26-18)10-14-6-4-13(2)5-7-14;2*3-2(4,5)1(6)7/h4-9,12,15H,3,10-11H2,1-2H3,(H2,20,21,23,25);2*(H,6,7). The van der Waals surface area contributed by atoms with E-state index in [1.165, 1.54) is 22.5 Å². The second-order valence-corrected chi connectivity index (χ2v) is 8.79. The maximum absolute atomic E-state index is 12.2. The van der Waals surface area contributed by atoms with Gasteiger partial charge in [0, 0.05) is 31.4 Å². The Labute approximate surface area is 226 Å². The highest BCUT2D eigenvalue weighted by Crippen LogP contribution is 2.19. The zero-order chi connectivity index (χ0) is 30.5. The van der Waals surface area contributed by atoms with E-state index in [-0.39, 0.29) is 12.1 Å². The van der Waals surface area contributed by atoms with Crippen molar-refractivity contribution in [3.05, 3.63) is 59.1 Å². The van der Waals surface area contributed by atoms with Gasteiger partial charge in [-0.1, -0.05) is 48.1 Å². The maximum Gasteiger partial charge on any atom is 0.490 e. The Bertz CT molecular complexity index is 1190. The number of imidazole rings is 1. The smallest absolute Gasteiger partial charge is 0.475 e. The molecule has 2 heterocycles. The summed E-state index contributed by atoms with van der Waals surface area (Å²) in [6.45, 7) is 4.77. The molecule has 0 saturated carbocycles. The van der Waals surface area contributed by atoms with E-state index < -0.39 is 24.3 Å². The number of carbonyl (C=O) groups is 3. The number of aliphatic carboxylic acids is 2. The van der Waals surface area contributed by atoms with Gasteiger partial charge in [0.2, 0.25) is 5.13 Å². The molecule has 40 heavy (non-hydrogen) atoms. The van der Waals surface area contributed by atoms with Gasteiger partial charge in [-0.15, -0.1) is 10.2 Å². The number of rotatable bonds is 7. The van der Waals surface area contributed by atoms with Crippen LogP contribution < -0.4 is 10.6 Å². The molecule has 1 atom stereocenters. The van der Waals surface area contributed by atoms with Gasteiger partial charge in [0.05, 0.1) is 6.33 Å². The van der Waals surface area contributed by atoms with Gasteiger partial charge in [0.25, 0.3) is 0 Å². The van der Waals surface area contributed by atoms with Crippen molar-refractivity contribution in [2.75, 3.05) is 5.32 Å². The van der Waals surface area contributed by atoms with Crippen molar-refractivity contribution in [3.63, 3.8) is 0 Å². The lowest BCUT2D eigenvalue weighted by Crippen LogP contribution is -2.40. The number of alkyl halides is 6. The number of carboxylic acids is 2. The maximum atomic E-state index is 12.2. The summed E-state index contributed by atoms with van der Waals surface area (Å²) >= 11 is 1.39. The van der Waals surface area contributed by atoms with Crippen LogP contribution in [0.4, 0.5) is 36.3 Å². The van der Waals surface area contributed by atoms with Crippen molar-refractivity contribution in [2.45, 2.75) is 51.6 Å². The number of aromatic nitrogens is 4. The van der Waals surface area contributed by atoms with E-state index >= 15 is 0 Å². The summed E-state index contributed by atoms with van der Waals surface area (Å²) in [4.78, 5) is 34.0. The SMILES string of the molecule is CCC(Cn1ccnc1)NC(=O)Nc1nnc(Cc2ccc(C)cc2)s1.O=C(O)C(F)(F)F.O=C(O)C(F)(F)F. The summed E-state index contributed by atoms with van der Waals surface area (Å²) in [6.07, 6.45) is -3.29. The second-order valence-electron chi connectivity index (χ2n) is 7.73. The Morgan fingerprint density at radius 1 is 1.00 bits per heavy atom. The Morgan fingerprint density at radius 2 is 1.55 bits per heavy atom. The van der Waals surface area contributed by atoms with Gasteiger partial charge < -0.3 is 20.1 Å². The number of carboxylic acid groups (broad SMARTS) is 2. The van der Waals surface area contributed by atoms with Crippen LogP contribution in [0, 0.1) is 6.92 Å². The molecular formula is C22H24F6N6O5S. The van der Waals surface area contributed by atoms with Gasteiger partial charge in [0.15, 0.2) is 0 Å². The van der Waals surface area contributed by atoms with Crippen molar-refractivity contribution in [1.29, 1.82) is 0 Å². The Kier molecular flexibility index (Phi) is 13.0. The molecule has 2 amide bonds. The first-order valence-electron chi connectivity index (χ1n) is 11.0. The highest BCUT2D eigenvalue weighted by Gasteiger charge is 2.38. The Hall–Kier alpha value is -4.22. The van der Waals surface area contributed by atoms with E-state index in [0.29, 0.717) is 18.1 Å². The molecule has 0 aliphatic carbocycles. The molecule has 18 heteroatoms. The minimum absolute atomic E-state index is 0.0177. The molecule has 0 radical (unpaired) electrons. The third kappa shape index (κ3) is 13.5. The fraction of sp³-hybridized carbons (Fsp3) is 0.364. The van der Waals surface area contributed by atoms with Crippen LogP contribution in [0.1, 0.15) is 29.5 Å². The normalized spacial score (nSPS) is 11.7. The summed E-state index contributed by atoms with van der Waals surface area (Å²) in [5.74, 6) is -5.51. The molecule has 0 spiro atoms. The quantitative estimate of drug-likeness (QED) is 0.289. The number of amides is 2. The second kappa shape index (κ2) is 15.4. The number of nitrogens with one attached hydrogen (secondary N) is 2. The molecule has 0 aliphatic heterocycles. The molecule has 3 rings (SSSR count). The molecule has 0 bridgehead atoms. The summed E-state index contributed by atoms with van der Waals surface area (Å²) in [7, 11) is 0. The first-order chi connectivity index (χ1) is 18.5. The number of nitrogens with zero attached hydrogens (tertiary/aromatic N) is 4. The number of carbonyl (C=O) groups excluding carboxylic acids is 1. The number of hydrogen-bond acceptors (Lipinski definition) is 7. The largest absolute Gasteiger partial charge is 0.490 e. The van der Waals surface area contributed by atoms with Crippen LogP contribution in [0.2, 0.25) is 0 Å². The van der Waals surface area contributed by atoms with Gasteiger partial charge >= 0.3 is 30.3 Å². The van der Waals surface area contributed by atoms with Crippen LogP contribution in [0.5, 0.6) is 0 Å². The molecule has 1 unspecified atom stereocenters. The molecule has 4 N–H and O–H groups in total. The van der Waals surface area contributed by atoms with E-state index in [4.69, 9.17) is 19.8 Å². The lowest BCUT2D eigenvalue weighted by Gasteiger charge is -2.17. The number of hydrogen-bond donors (Lipinski definition) is 4. The Morgan fingerprint density at radius 3 is 2.00 bits per heavy atom. The molecule has 0 saturated heterocycles. The summed E-state index contributed by atoms with van der Waals surface area (Å²) in [5.41, 5.74) is 2.40. The van der Waals surface area contributed by atoms with Crippen LogP contribution in [-0.4, -0.2) is 66.3 Å². The van der Waals surface area contributed by atoms with Gasteiger partial charge in [-0.25, -0.2) is 19.4 Å². The van der Waals surface area contributed by atoms with Gasteiger partial charge in [-0.05, 0) is 18.9 Å². The molecule has 1 aromatic carbocycles. The predicted molar refractivity (Wildman–Crippen MR) is 130 cm³/mol. The third-order valence-corrected chi connectivity index (χ3v) is 5.31. The predicted octanol–water partition coefficient (Wildman–Crippen LogP) is 4.50. The Balaban J connectivity index is 0.000000473.